The summed E-state index contributed by atoms with van der Waals surface area (Å²) in [5, 5.41) is 7.95. The second kappa shape index (κ2) is 12.6. The Kier molecular flexibility index (Phi) is 9.76. The van der Waals surface area contributed by atoms with E-state index in [9.17, 15) is 23.7 Å². The average molecular weight is 566 g/mol. The Morgan fingerprint density at radius 3 is 2.38 bits per heavy atom. The van der Waals surface area contributed by atoms with Gasteiger partial charge in [-0.15, -0.1) is 0 Å². The van der Waals surface area contributed by atoms with Crippen LogP contribution in [0.25, 0.3) is 5.57 Å². The van der Waals surface area contributed by atoms with Crippen molar-refractivity contribution >= 4 is 37.1 Å². The Morgan fingerprint density at radius 2 is 1.79 bits per heavy atom. The molecule has 39 heavy (non-hydrogen) atoms. The van der Waals surface area contributed by atoms with E-state index in [2.05, 4.69) is 20.5 Å². The lowest BCUT2D eigenvalue weighted by Crippen LogP contribution is -2.55. The van der Waals surface area contributed by atoms with Gasteiger partial charge in [-0.2, -0.15) is 0 Å². The predicted octanol–water partition coefficient (Wildman–Crippen LogP) is 0.724. The normalized spacial score (nSPS) is 21.1. The van der Waals surface area contributed by atoms with Gasteiger partial charge in [-0.25, -0.2) is 9.36 Å². The van der Waals surface area contributed by atoms with E-state index in [0.717, 1.165) is 6.42 Å². The first-order valence-electron chi connectivity index (χ1n) is 12.7. The number of amides is 5. The number of phosphoric acid groups is 1. The molecule has 1 aliphatic carbocycles. The number of carbonyl (C=O) groups excluding carboxylic acids is 4. The Labute approximate surface area is 226 Å². The average Bonchev–Trinajstić information content (AvgIpc) is 3.48. The van der Waals surface area contributed by atoms with Gasteiger partial charge in [0.25, 0.3) is 0 Å². The number of carbonyl (C=O) groups is 4. The fraction of sp³-hybridized carbons (Fsp3) is 0.520. The van der Waals surface area contributed by atoms with Gasteiger partial charge >= 0.3 is 13.9 Å². The number of nitrogens with one attached hydrogen (secondary N) is 3. The number of allylic oxidation sites excluding steroid dienone is 1. The summed E-state index contributed by atoms with van der Waals surface area (Å²) >= 11 is 0. The van der Waals surface area contributed by atoms with Gasteiger partial charge in [-0.05, 0) is 60.8 Å². The summed E-state index contributed by atoms with van der Waals surface area (Å²) in [4.78, 5) is 69.6. The number of urea groups is 1. The number of hydrogen-bond donors (Lipinski definition) is 6. The zero-order chi connectivity index (χ0) is 28.9. The third kappa shape index (κ3) is 8.81. The van der Waals surface area contributed by atoms with Gasteiger partial charge in [0.2, 0.25) is 17.7 Å². The van der Waals surface area contributed by atoms with Gasteiger partial charge in [-0.1, -0.05) is 26.0 Å². The molecular weight excluding hydrogens is 529 g/mol. The number of nitrogens with two attached hydrogens (primary N) is 1. The number of benzene rings is 1. The van der Waals surface area contributed by atoms with Crippen molar-refractivity contribution in [1.82, 2.24) is 20.9 Å². The molecule has 0 radical (unpaired) electrons. The first kappa shape index (κ1) is 30.1. The molecule has 0 aromatic heterocycles. The van der Waals surface area contributed by atoms with Crippen LogP contribution < -0.4 is 26.2 Å². The predicted molar refractivity (Wildman–Crippen MR) is 142 cm³/mol. The minimum Gasteiger partial charge on any atom is -0.404 e. The van der Waals surface area contributed by atoms with Crippen molar-refractivity contribution < 1.29 is 38.1 Å². The van der Waals surface area contributed by atoms with Gasteiger partial charge in [0.1, 0.15) is 17.8 Å². The molecule has 7 N–H and O–H groups in total. The molecule has 1 saturated carbocycles. The Hall–Kier alpha value is -3.41. The molecule has 2 aliphatic rings. The second-order valence-electron chi connectivity index (χ2n) is 10.3. The van der Waals surface area contributed by atoms with E-state index in [-0.39, 0.29) is 48.4 Å². The number of nitrogens with zero attached hydrogens (tertiary/aromatic N) is 1. The minimum absolute atomic E-state index is 0.0155. The van der Waals surface area contributed by atoms with Crippen LogP contribution >= 0.6 is 7.82 Å². The quantitative estimate of drug-likeness (QED) is 0.121. The maximum atomic E-state index is 13.6. The first-order chi connectivity index (χ1) is 18.2. The number of phosphoric ester groups is 1. The smallest absolute Gasteiger partial charge is 0.404 e. The molecule has 1 aromatic carbocycles. The Balaban J connectivity index is 1.66. The van der Waals surface area contributed by atoms with Crippen molar-refractivity contribution in [3.63, 3.8) is 0 Å². The summed E-state index contributed by atoms with van der Waals surface area (Å²) in [6, 6.07) is 3.72. The molecule has 4 atom stereocenters. The van der Waals surface area contributed by atoms with E-state index >= 15 is 0 Å². The molecule has 3 rings (SSSR count). The van der Waals surface area contributed by atoms with Gasteiger partial charge in [0.15, 0.2) is 0 Å². The number of fused-ring (bicyclic) bond motifs is 1. The minimum atomic E-state index is -4.68. The highest BCUT2D eigenvalue weighted by Gasteiger charge is 2.57. The molecule has 0 bridgehead atoms. The molecule has 0 unspecified atom stereocenters. The molecule has 214 valence electrons. The lowest BCUT2D eigenvalue weighted by molar-refractivity contribution is -0.142. The highest BCUT2D eigenvalue weighted by atomic mass is 31.2. The number of primary amides is 1. The topological polar surface area (TPSA) is 200 Å². The highest BCUT2D eigenvalue weighted by molar-refractivity contribution is 7.46. The van der Waals surface area contributed by atoms with Crippen molar-refractivity contribution in [2.75, 3.05) is 19.6 Å². The SMILES string of the molecule is C/C(=C\C(=O)N[C@@H](CC(C)C)C(=O)N1C[C@H]2C[C@H]2[C@H]1C(=O)NCCNC(N)=O)c1ccc(OP(=O)(O)O)cc1. The van der Waals surface area contributed by atoms with E-state index in [1.807, 2.05) is 13.8 Å². The summed E-state index contributed by atoms with van der Waals surface area (Å²) in [5.41, 5.74) is 6.23. The van der Waals surface area contributed by atoms with Crippen LogP contribution in [0.15, 0.2) is 30.3 Å². The lowest BCUT2D eigenvalue weighted by atomic mass is 10.0. The fourth-order valence-electron chi connectivity index (χ4n) is 4.81. The van der Waals surface area contributed by atoms with Crippen molar-refractivity contribution in [2.24, 2.45) is 23.5 Å². The van der Waals surface area contributed by atoms with Crippen LogP contribution in [-0.2, 0) is 18.9 Å². The number of hydrogen-bond acceptors (Lipinski definition) is 6. The van der Waals surface area contributed by atoms with Crippen LogP contribution in [-0.4, -0.2) is 70.2 Å². The maximum absolute atomic E-state index is 13.6. The van der Waals surface area contributed by atoms with Crippen molar-refractivity contribution in [2.45, 2.75) is 45.7 Å². The molecule has 1 saturated heterocycles. The van der Waals surface area contributed by atoms with E-state index in [1.165, 1.54) is 18.2 Å². The summed E-state index contributed by atoms with van der Waals surface area (Å²) in [5.74, 6) is -0.684. The molecule has 0 spiro atoms. The zero-order valence-electron chi connectivity index (χ0n) is 22.1. The van der Waals surface area contributed by atoms with Gasteiger partial charge in [-0.3, -0.25) is 24.2 Å². The third-order valence-electron chi connectivity index (χ3n) is 6.63. The molecule has 1 heterocycles. The summed E-state index contributed by atoms with van der Waals surface area (Å²) < 4.78 is 15.5. The van der Waals surface area contributed by atoms with Crippen LogP contribution in [0.1, 0.15) is 39.2 Å². The van der Waals surface area contributed by atoms with E-state index < -0.39 is 31.8 Å². The van der Waals surface area contributed by atoms with E-state index in [1.54, 1.807) is 24.0 Å². The highest BCUT2D eigenvalue weighted by Crippen LogP contribution is 2.49. The Bertz CT molecular complexity index is 1170. The molecule has 14 heteroatoms. The Morgan fingerprint density at radius 1 is 1.15 bits per heavy atom. The van der Waals surface area contributed by atoms with Crippen molar-refractivity contribution in [3.05, 3.63) is 35.9 Å². The molecule has 1 aliphatic heterocycles. The summed E-state index contributed by atoms with van der Waals surface area (Å²) in [7, 11) is -4.68. The van der Waals surface area contributed by atoms with Gasteiger partial charge in [0, 0.05) is 25.7 Å². The zero-order valence-corrected chi connectivity index (χ0v) is 23.0. The van der Waals surface area contributed by atoms with Gasteiger partial charge in [0.05, 0.1) is 0 Å². The number of likely N-dealkylation sites (tertiary alicyclic amines) is 1. The largest absolute Gasteiger partial charge is 0.524 e. The van der Waals surface area contributed by atoms with Gasteiger partial charge < -0.3 is 31.1 Å². The molecule has 5 amide bonds. The second-order valence-corrected chi connectivity index (χ2v) is 11.5. The van der Waals surface area contributed by atoms with Crippen molar-refractivity contribution in [1.29, 1.82) is 0 Å². The standard InChI is InChI=1S/C25H36N5O8P/c1-14(2)10-20(29-21(31)11-15(3)16-4-6-18(7-5-16)38-39(35,36)37)24(33)30-13-17-12-19(17)22(30)23(32)27-8-9-28-25(26)34/h4-7,11,14,17,19-20,22H,8-10,12-13H2,1-3H3,(H,27,32)(H,29,31)(H3,26,28,34)(H2,35,36,37)/b15-11+/t17-,19-,20+,22+/m1/s1. The molecule has 2 fully saturated rings. The third-order valence-corrected chi connectivity index (χ3v) is 7.08. The van der Waals surface area contributed by atoms with Crippen LogP contribution in [0.5, 0.6) is 5.75 Å². The molecule has 1 aromatic rings. The fourth-order valence-corrected chi connectivity index (χ4v) is 5.20. The summed E-state index contributed by atoms with van der Waals surface area (Å²) in [6.07, 6.45) is 2.59. The van der Waals surface area contributed by atoms with Crippen LogP contribution in [0.4, 0.5) is 4.79 Å². The van der Waals surface area contributed by atoms with Crippen LogP contribution in [0.2, 0.25) is 0 Å². The van der Waals surface area contributed by atoms with E-state index in [4.69, 9.17) is 15.5 Å². The molecule has 13 nitrogen and oxygen atoms in total. The molecular formula is C25H36N5O8P. The van der Waals surface area contributed by atoms with E-state index in [0.29, 0.717) is 24.1 Å². The number of rotatable bonds is 12. The first-order valence-corrected chi connectivity index (χ1v) is 14.2. The lowest BCUT2D eigenvalue weighted by Gasteiger charge is -2.31. The maximum Gasteiger partial charge on any atom is 0.524 e. The monoisotopic (exact) mass is 565 g/mol. The number of piperidine rings is 1. The van der Waals surface area contributed by atoms with Crippen LogP contribution in [0, 0.1) is 17.8 Å². The van der Waals surface area contributed by atoms with Crippen molar-refractivity contribution in [3.8, 4) is 5.75 Å². The van der Waals surface area contributed by atoms with Crippen LogP contribution in [0.3, 0.4) is 0 Å². The summed E-state index contributed by atoms with van der Waals surface area (Å²) in [6.45, 7) is 6.37.